The van der Waals surface area contributed by atoms with Gasteiger partial charge in [0.1, 0.15) is 6.61 Å². The molecule has 0 saturated heterocycles. The Bertz CT molecular complexity index is 611. The van der Waals surface area contributed by atoms with E-state index in [9.17, 15) is 4.79 Å². The van der Waals surface area contributed by atoms with Gasteiger partial charge in [0.2, 0.25) is 0 Å². The first-order valence-corrected chi connectivity index (χ1v) is 6.64. The highest BCUT2D eigenvalue weighted by atomic mass is 79.9. The number of ether oxygens (including phenoxy) is 1. The summed E-state index contributed by atoms with van der Waals surface area (Å²) >= 11 is 3.29. The number of rotatable bonds is 3. The number of esters is 1. The number of halogens is 1. The van der Waals surface area contributed by atoms with Crippen molar-refractivity contribution in [3.05, 3.63) is 63.6 Å². The third kappa shape index (κ3) is 3.35. The SMILES string of the molecule is Cc1cccc(COC(=O)c2cccc(N)c2Br)c1. The van der Waals surface area contributed by atoms with Crippen LogP contribution in [0.4, 0.5) is 5.69 Å². The fourth-order valence-corrected chi connectivity index (χ4v) is 2.16. The number of hydrogen-bond donors (Lipinski definition) is 1. The molecule has 0 bridgehead atoms. The number of nitrogen functional groups attached to an aromatic ring is 1. The summed E-state index contributed by atoms with van der Waals surface area (Å²) in [6, 6.07) is 13.0. The molecule has 0 aromatic heterocycles. The average Bonchev–Trinajstić information content (AvgIpc) is 2.39. The molecule has 3 nitrogen and oxygen atoms in total. The number of aryl methyl sites for hydroxylation is 1. The van der Waals surface area contributed by atoms with Crippen LogP contribution in [0, 0.1) is 6.92 Å². The van der Waals surface area contributed by atoms with Gasteiger partial charge in [-0.25, -0.2) is 4.79 Å². The number of anilines is 1. The van der Waals surface area contributed by atoms with E-state index in [2.05, 4.69) is 15.9 Å². The van der Waals surface area contributed by atoms with Crippen molar-refractivity contribution in [1.82, 2.24) is 0 Å². The molecule has 98 valence electrons. The number of benzene rings is 2. The molecule has 0 aliphatic carbocycles. The van der Waals surface area contributed by atoms with E-state index in [4.69, 9.17) is 10.5 Å². The van der Waals surface area contributed by atoms with Crippen LogP contribution in [0.3, 0.4) is 0 Å². The second-order valence-corrected chi connectivity index (χ2v) is 5.07. The zero-order valence-electron chi connectivity index (χ0n) is 10.5. The second kappa shape index (κ2) is 5.89. The van der Waals surface area contributed by atoms with E-state index in [-0.39, 0.29) is 12.6 Å². The van der Waals surface area contributed by atoms with Crippen molar-refractivity contribution in [3.8, 4) is 0 Å². The van der Waals surface area contributed by atoms with Gasteiger partial charge in [0.25, 0.3) is 0 Å². The van der Waals surface area contributed by atoms with Crippen LogP contribution in [0.2, 0.25) is 0 Å². The minimum atomic E-state index is -0.388. The van der Waals surface area contributed by atoms with Crippen molar-refractivity contribution in [2.75, 3.05) is 5.73 Å². The topological polar surface area (TPSA) is 52.3 Å². The molecule has 2 aromatic rings. The minimum Gasteiger partial charge on any atom is -0.457 e. The molecule has 0 atom stereocenters. The first-order chi connectivity index (χ1) is 9.08. The summed E-state index contributed by atoms with van der Waals surface area (Å²) in [6.07, 6.45) is 0. The monoisotopic (exact) mass is 319 g/mol. The lowest BCUT2D eigenvalue weighted by Crippen LogP contribution is -2.07. The molecule has 0 aliphatic heterocycles. The van der Waals surface area contributed by atoms with Gasteiger partial charge in [-0.05, 0) is 40.5 Å². The van der Waals surface area contributed by atoms with Crippen LogP contribution < -0.4 is 5.73 Å². The standard InChI is InChI=1S/C15H14BrNO2/c1-10-4-2-5-11(8-10)9-19-15(18)12-6-3-7-13(17)14(12)16/h2-8H,9,17H2,1H3. The van der Waals surface area contributed by atoms with Gasteiger partial charge < -0.3 is 10.5 Å². The minimum absolute atomic E-state index is 0.252. The zero-order valence-corrected chi connectivity index (χ0v) is 12.1. The van der Waals surface area contributed by atoms with Crippen molar-refractivity contribution >= 4 is 27.6 Å². The molecule has 0 amide bonds. The maximum atomic E-state index is 12.0. The molecule has 0 saturated carbocycles. The van der Waals surface area contributed by atoms with E-state index in [1.165, 1.54) is 0 Å². The van der Waals surface area contributed by atoms with Gasteiger partial charge in [-0.1, -0.05) is 35.9 Å². The van der Waals surface area contributed by atoms with Gasteiger partial charge in [0.15, 0.2) is 0 Å². The van der Waals surface area contributed by atoms with Crippen molar-refractivity contribution in [2.45, 2.75) is 13.5 Å². The Morgan fingerprint density at radius 1 is 1.26 bits per heavy atom. The van der Waals surface area contributed by atoms with Gasteiger partial charge in [-0.3, -0.25) is 0 Å². The predicted molar refractivity (Wildman–Crippen MR) is 78.9 cm³/mol. The first-order valence-electron chi connectivity index (χ1n) is 5.84. The molecular weight excluding hydrogens is 306 g/mol. The summed E-state index contributed by atoms with van der Waals surface area (Å²) in [7, 11) is 0. The molecule has 0 fully saturated rings. The zero-order chi connectivity index (χ0) is 13.8. The van der Waals surface area contributed by atoms with E-state index in [1.54, 1.807) is 18.2 Å². The molecule has 2 N–H and O–H groups in total. The normalized spacial score (nSPS) is 10.2. The van der Waals surface area contributed by atoms with E-state index < -0.39 is 0 Å². The quantitative estimate of drug-likeness (QED) is 0.693. The summed E-state index contributed by atoms with van der Waals surface area (Å²) < 4.78 is 5.85. The van der Waals surface area contributed by atoms with Crippen LogP contribution in [-0.4, -0.2) is 5.97 Å². The van der Waals surface area contributed by atoms with Gasteiger partial charge in [-0.2, -0.15) is 0 Å². The Labute approximate surface area is 120 Å². The number of nitrogens with two attached hydrogens (primary N) is 1. The molecule has 0 radical (unpaired) electrons. The van der Waals surface area contributed by atoms with Crippen LogP contribution in [0.1, 0.15) is 21.5 Å². The second-order valence-electron chi connectivity index (χ2n) is 4.27. The predicted octanol–water partition coefficient (Wildman–Crippen LogP) is 3.70. The number of carbonyl (C=O) groups is 1. The molecule has 0 heterocycles. The van der Waals surface area contributed by atoms with Crippen LogP contribution in [0.15, 0.2) is 46.9 Å². The van der Waals surface area contributed by atoms with Crippen LogP contribution >= 0.6 is 15.9 Å². The average molecular weight is 320 g/mol. The Balaban J connectivity index is 2.08. The van der Waals surface area contributed by atoms with Crippen molar-refractivity contribution in [2.24, 2.45) is 0 Å². The fraction of sp³-hybridized carbons (Fsp3) is 0.133. The Morgan fingerprint density at radius 3 is 2.74 bits per heavy atom. The van der Waals surface area contributed by atoms with E-state index in [0.717, 1.165) is 11.1 Å². The van der Waals surface area contributed by atoms with E-state index in [0.29, 0.717) is 15.7 Å². The lowest BCUT2D eigenvalue weighted by Gasteiger charge is -2.08. The van der Waals surface area contributed by atoms with Crippen molar-refractivity contribution in [3.63, 3.8) is 0 Å². The molecule has 0 unspecified atom stereocenters. The smallest absolute Gasteiger partial charge is 0.339 e. The lowest BCUT2D eigenvalue weighted by molar-refractivity contribution is 0.0471. The summed E-state index contributed by atoms with van der Waals surface area (Å²) in [5, 5.41) is 0. The Morgan fingerprint density at radius 2 is 2.00 bits per heavy atom. The van der Waals surface area contributed by atoms with E-state index in [1.807, 2.05) is 31.2 Å². The molecule has 4 heteroatoms. The summed E-state index contributed by atoms with van der Waals surface area (Å²) in [5.74, 6) is -0.388. The molecule has 2 aromatic carbocycles. The fourth-order valence-electron chi connectivity index (χ4n) is 1.74. The lowest BCUT2D eigenvalue weighted by atomic mass is 10.1. The van der Waals surface area contributed by atoms with Gasteiger partial charge >= 0.3 is 5.97 Å². The molecule has 19 heavy (non-hydrogen) atoms. The van der Waals surface area contributed by atoms with Crippen molar-refractivity contribution in [1.29, 1.82) is 0 Å². The highest BCUT2D eigenvalue weighted by Crippen LogP contribution is 2.24. The van der Waals surface area contributed by atoms with Gasteiger partial charge in [0.05, 0.1) is 10.0 Å². The van der Waals surface area contributed by atoms with Gasteiger partial charge in [0, 0.05) is 5.69 Å². The Hall–Kier alpha value is -1.81. The van der Waals surface area contributed by atoms with Gasteiger partial charge in [-0.15, -0.1) is 0 Å². The summed E-state index contributed by atoms with van der Waals surface area (Å²) in [4.78, 5) is 12.0. The largest absolute Gasteiger partial charge is 0.457 e. The molecular formula is C15H14BrNO2. The highest BCUT2D eigenvalue weighted by Gasteiger charge is 2.13. The maximum absolute atomic E-state index is 12.0. The number of hydrogen-bond acceptors (Lipinski definition) is 3. The van der Waals surface area contributed by atoms with Crippen LogP contribution in [0.5, 0.6) is 0 Å². The Kier molecular flexibility index (Phi) is 4.22. The first kappa shape index (κ1) is 13.6. The molecule has 0 aliphatic rings. The van der Waals surface area contributed by atoms with Crippen LogP contribution in [0.25, 0.3) is 0 Å². The number of carbonyl (C=O) groups excluding carboxylic acids is 1. The van der Waals surface area contributed by atoms with E-state index >= 15 is 0 Å². The summed E-state index contributed by atoms with van der Waals surface area (Å²) in [5.41, 5.74) is 8.79. The van der Waals surface area contributed by atoms with Crippen LogP contribution in [-0.2, 0) is 11.3 Å². The molecule has 0 spiro atoms. The highest BCUT2D eigenvalue weighted by molar-refractivity contribution is 9.10. The van der Waals surface area contributed by atoms with Crippen molar-refractivity contribution < 1.29 is 9.53 Å². The third-order valence-electron chi connectivity index (χ3n) is 2.70. The molecule has 2 rings (SSSR count). The maximum Gasteiger partial charge on any atom is 0.339 e. The summed E-state index contributed by atoms with van der Waals surface area (Å²) in [6.45, 7) is 2.25. The third-order valence-corrected chi connectivity index (χ3v) is 3.59.